The number of rotatable bonds is 11. The molecule has 0 aromatic heterocycles. The van der Waals surface area contributed by atoms with E-state index in [2.05, 4.69) is 5.32 Å². The molecular weight excluding hydrogens is 534 g/mol. The number of sulfonamides is 1. The third kappa shape index (κ3) is 7.61. The number of hydrogen-bond donors (Lipinski definition) is 1. The first-order chi connectivity index (χ1) is 18.4. The summed E-state index contributed by atoms with van der Waals surface area (Å²) in [6, 6.07) is 19.8. The minimum absolute atomic E-state index is 0.0526. The first-order valence-electron chi connectivity index (χ1n) is 12.9. The second-order valence-electron chi connectivity index (χ2n) is 9.85. The number of benzene rings is 3. The summed E-state index contributed by atoms with van der Waals surface area (Å²) in [5.74, 6) is -0.792. The van der Waals surface area contributed by atoms with Gasteiger partial charge < -0.3 is 10.2 Å². The van der Waals surface area contributed by atoms with Gasteiger partial charge in [0.15, 0.2) is 0 Å². The predicted octanol–water partition coefficient (Wildman–Crippen LogP) is 5.48. The lowest BCUT2D eigenvalue weighted by Crippen LogP contribution is -2.53. The van der Waals surface area contributed by atoms with E-state index in [4.69, 9.17) is 11.6 Å². The molecule has 1 N–H and O–H groups in total. The van der Waals surface area contributed by atoms with Crippen molar-refractivity contribution >= 4 is 39.1 Å². The SMILES string of the molecule is CC[C@H](C(=O)NC(C)C)N(Cc1ccccc1)C(=O)CN(c1ccc(C)c(Cl)c1)S(=O)(=O)c1ccc(C)cc1. The zero-order valence-corrected chi connectivity index (χ0v) is 24.6. The molecule has 0 spiro atoms. The van der Waals surface area contributed by atoms with Gasteiger partial charge in [-0.15, -0.1) is 0 Å². The Labute approximate surface area is 236 Å². The lowest BCUT2D eigenvalue weighted by molar-refractivity contribution is -0.140. The number of hydrogen-bond acceptors (Lipinski definition) is 4. The van der Waals surface area contributed by atoms with Crippen LogP contribution in [-0.2, 0) is 26.2 Å². The van der Waals surface area contributed by atoms with Crippen LogP contribution in [0.3, 0.4) is 0 Å². The van der Waals surface area contributed by atoms with Crippen LogP contribution in [0.5, 0.6) is 0 Å². The lowest BCUT2D eigenvalue weighted by Gasteiger charge is -2.33. The molecule has 0 saturated carbocycles. The predicted molar refractivity (Wildman–Crippen MR) is 156 cm³/mol. The molecule has 0 aliphatic rings. The molecule has 0 bridgehead atoms. The quantitative estimate of drug-likeness (QED) is 0.331. The summed E-state index contributed by atoms with van der Waals surface area (Å²) in [6.45, 7) is 8.86. The fourth-order valence-electron chi connectivity index (χ4n) is 4.18. The number of halogens is 1. The van der Waals surface area contributed by atoms with Gasteiger partial charge in [-0.3, -0.25) is 13.9 Å². The molecule has 0 heterocycles. The van der Waals surface area contributed by atoms with Gasteiger partial charge in [-0.05, 0) is 69.5 Å². The standard InChI is InChI=1S/C30H36ClN3O4S/c1-6-28(30(36)32-21(2)3)33(19-24-10-8-7-9-11-24)29(35)20-34(25-15-14-23(5)27(31)18-25)39(37,38)26-16-12-22(4)13-17-26/h7-18,21,28H,6,19-20H2,1-5H3,(H,32,36)/t28-/m1/s1. The zero-order valence-electron chi connectivity index (χ0n) is 23.0. The summed E-state index contributed by atoms with van der Waals surface area (Å²) in [5, 5.41) is 3.28. The van der Waals surface area contributed by atoms with Crippen LogP contribution in [0.2, 0.25) is 5.02 Å². The van der Waals surface area contributed by atoms with Gasteiger partial charge in [-0.1, -0.05) is 72.6 Å². The topological polar surface area (TPSA) is 86.8 Å². The largest absolute Gasteiger partial charge is 0.352 e. The minimum Gasteiger partial charge on any atom is -0.352 e. The van der Waals surface area contributed by atoms with Gasteiger partial charge in [0.2, 0.25) is 11.8 Å². The monoisotopic (exact) mass is 569 g/mol. The van der Waals surface area contributed by atoms with Crippen molar-refractivity contribution in [3.63, 3.8) is 0 Å². The third-order valence-corrected chi connectivity index (χ3v) is 8.54. The Kier molecular flexibility index (Phi) is 10.2. The maximum atomic E-state index is 14.0. The number of carbonyl (C=O) groups is 2. The number of amides is 2. The Morgan fingerprint density at radius 2 is 1.59 bits per heavy atom. The highest BCUT2D eigenvalue weighted by atomic mass is 35.5. The van der Waals surface area contributed by atoms with Gasteiger partial charge >= 0.3 is 0 Å². The van der Waals surface area contributed by atoms with Gasteiger partial charge in [0, 0.05) is 17.6 Å². The average molecular weight is 570 g/mol. The Balaban J connectivity index is 2.07. The van der Waals surface area contributed by atoms with Crippen LogP contribution < -0.4 is 9.62 Å². The first-order valence-corrected chi connectivity index (χ1v) is 14.7. The van der Waals surface area contributed by atoms with Crippen LogP contribution in [-0.4, -0.2) is 43.8 Å². The van der Waals surface area contributed by atoms with Crippen molar-refractivity contribution in [1.82, 2.24) is 10.2 Å². The summed E-state index contributed by atoms with van der Waals surface area (Å²) in [4.78, 5) is 28.7. The molecule has 3 rings (SSSR count). The third-order valence-electron chi connectivity index (χ3n) is 6.34. The van der Waals surface area contributed by atoms with Crippen molar-refractivity contribution in [2.75, 3.05) is 10.8 Å². The molecule has 0 fully saturated rings. The Hall–Kier alpha value is -3.36. The van der Waals surface area contributed by atoms with Crippen molar-refractivity contribution < 1.29 is 18.0 Å². The number of anilines is 1. The van der Waals surface area contributed by atoms with Crippen LogP contribution >= 0.6 is 11.6 Å². The molecule has 0 aliphatic carbocycles. The van der Waals surface area contributed by atoms with E-state index < -0.39 is 28.5 Å². The van der Waals surface area contributed by atoms with Gasteiger partial charge in [0.25, 0.3) is 10.0 Å². The van der Waals surface area contributed by atoms with Crippen molar-refractivity contribution in [3.8, 4) is 0 Å². The molecular formula is C30H36ClN3O4S. The first kappa shape index (κ1) is 30.2. The molecule has 1 atom stereocenters. The molecule has 39 heavy (non-hydrogen) atoms. The second kappa shape index (κ2) is 13.1. The number of carbonyl (C=O) groups excluding carboxylic acids is 2. The molecule has 2 amide bonds. The maximum absolute atomic E-state index is 14.0. The Morgan fingerprint density at radius 1 is 0.949 bits per heavy atom. The second-order valence-corrected chi connectivity index (χ2v) is 12.1. The Bertz CT molecular complexity index is 1390. The summed E-state index contributed by atoms with van der Waals surface area (Å²) in [6.07, 6.45) is 0.359. The normalized spacial score (nSPS) is 12.2. The number of nitrogens with one attached hydrogen (secondary N) is 1. The van der Waals surface area contributed by atoms with Crippen molar-refractivity contribution in [2.24, 2.45) is 0 Å². The zero-order chi connectivity index (χ0) is 28.7. The molecule has 9 heteroatoms. The molecule has 208 valence electrons. The van der Waals surface area contributed by atoms with Crippen LogP contribution in [0, 0.1) is 13.8 Å². The van der Waals surface area contributed by atoms with Crippen LogP contribution in [0.1, 0.15) is 43.9 Å². The van der Waals surface area contributed by atoms with Crippen molar-refractivity contribution in [2.45, 2.75) is 64.6 Å². The van der Waals surface area contributed by atoms with E-state index in [-0.39, 0.29) is 29.1 Å². The number of nitrogens with zero attached hydrogens (tertiary/aromatic N) is 2. The molecule has 0 radical (unpaired) electrons. The number of aryl methyl sites for hydroxylation is 2. The van der Waals surface area contributed by atoms with E-state index >= 15 is 0 Å². The van der Waals surface area contributed by atoms with Crippen molar-refractivity contribution in [3.05, 3.63) is 94.5 Å². The Morgan fingerprint density at radius 3 is 2.15 bits per heavy atom. The highest BCUT2D eigenvalue weighted by molar-refractivity contribution is 7.92. The fourth-order valence-corrected chi connectivity index (χ4v) is 5.76. The average Bonchev–Trinajstić information content (AvgIpc) is 2.89. The van der Waals surface area contributed by atoms with Gasteiger partial charge in [0.1, 0.15) is 12.6 Å². The minimum atomic E-state index is -4.15. The molecule has 0 unspecified atom stereocenters. The summed E-state index contributed by atoms with van der Waals surface area (Å²) >= 11 is 6.37. The van der Waals surface area contributed by atoms with E-state index in [1.807, 2.05) is 65.0 Å². The van der Waals surface area contributed by atoms with Crippen molar-refractivity contribution in [1.29, 1.82) is 0 Å². The molecule has 0 saturated heterocycles. The van der Waals surface area contributed by atoms with E-state index in [9.17, 15) is 18.0 Å². The van der Waals surface area contributed by atoms with Gasteiger partial charge in [-0.2, -0.15) is 0 Å². The van der Waals surface area contributed by atoms with Gasteiger partial charge in [0.05, 0.1) is 10.6 Å². The fraction of sp³-hybridized carbons (Fsp3) is 0.333. The van der Waals surface area contributed by atoms with Crippen LogP contribution in [0.15, 0.2) is 77.7 Å². The maximum Gasteiger partial charge on any atom is 0.264 e. The van der Waals surface area contributed by atoms with E-state index in [1.165, 1.54) is 17.0 Å². The molecule has 3 aromatic rings. The molecule has 0 aliphatic heterocycles. The van der Waals surface area contributed by atoms with Crippen LogP contribution in [0.4, 0.5) is 5.69 Å². The van der Waals surface area contributed by atoms with Gasteiger partial charge in [-0.25, -0.2) is 8.42 Å². The van der Waals surface area contributed by atoms with E-state index in [0.29, 0.717) is 11.4 Å². The lowest BCUT2D eigenvalue weighted by atomic mass is 10.1. The summed E-state index contributed by atoms with van der Waals surface area (Å²) < 4.78 is 28.9. The summed E-state index contributed by atoms with van der Waals surface area (Å²) in [7, 11) is -4.15. The summed E-state index contributed by atoms with van der Waals surface area (Å²) in [5.41, 5.74) is 2.78. The molecule has 3 aromatic carbocycles. The van der Waals surface area contributed by atoms with Crippen LogP contribution in [0.25, 0.3) is 0 Å². The molecule has 7 nitrogen and oxygen atoms in total. The smallest absolute Gasteiger partial charge is 0.264 e. The highest BCUT2D eigenvalue weighted by Gasteiger charge is 2.34. The van der Waals surface area contributed by atoms with E-state index in [1.54, 1.807) is 30.3 Å². The highest BCUT2D eigenvalue weighted by Crippen LogP contribution is 2.29. The van der Waals surface area contributed by atoms with E-state index in [0.717, 1.165) is 21.0 Å².